The van der Waals surface area contributed by atoms with Crippen molar-refractivity contribution in [1.82, 2.24) is 4.90 Å². The fourth-order valence-corrected chi connectivity index (χ4v) is 4.56. The van der Waals surface area contributed by atoms with Crippen LogP contribution in [0.15, 0.2) is 48.5 Å². The van der Waals surface area contributed by atoms with Gasteiger partial charge in [0.2, 0.25) is 15.6 Å². The second kappa shape index (κ2) is 6.73. The molecule has 0 bridgehead atoms. The Morgan fingerprint density at radius 3 is 2.43 bits per heavy atom. The molecule has 30 heavy (non-hydrogen) atoms. The Labute approximate surface area is 175 Å². The Bertz CT molecular complexity index is 1130. The van der Waals surface area contributed by atoms with Crippen LogP contribution in [0.3, 0.4) is 0 Å². The third-order valence-electron chi connectivity index (χ3n) is 5.12. The largest absolute Gasteiger partial charge is 0.487 e. The molecule has 0 aromatic heterocycles. The first kappa shape index (κ1) is 20.2. The van der Waals surface area contributed by atoms with Gasteiger partial charge in [0.15, 0.2) is 5.84 Å². The van der Waals surface area contributed by atoms with Crippen LogP contribution in [0, 0.1) is 5.41 Å². The highest BCUT2D eigenvalue weighted by molar-refractivity contribution is 7.92. The molecule has 1 saturated heterocycles. The van der Waals surface area contributed by atoms with E-state index in [1.165, 1.54) is 4.90 Å². The Morgan fingerprint density at radius 2 is 1.77 bits per heavy atom. The van der Waals surface area contributed by atoms with Gasteiger partial charge < -0.3 is 9.47 Å². The number of fused-ring (bicyclic) bond motifs is 2. The van der Waals surface area contributed by atoms with E-state index in [1.807, 2.05) is 38.1 Å². The average molecular weight is 429 g/mol. The van der Waals surface area contributed by atoms with Gasteiger partial charge in [0.05, 0.1) is 12.8 Å². The Balaban J connectivity index is 1.62. The normalized spacial score (nSPS) is 22.4. The molecule has 0 aliphatic carbocycles. The number of nitrogens with zero attached hydrogens (tertiary/aromatic N) is 1. The van der Waals surface area contributed by atoms with E-state index in [-0.39, 0.29) is 12.4 Å². The number of carbonyl (C=O) groups excluding carboxylic acids is 1. The molecule has 2 aliphatic rings. The lowest BCUT2D eigenvalue weighted by atomic mass is 9.79. The summed E-state index contributed by atoms with van der Waals surface area (Å²) in [5.74, 6) is 0.666. The minimum atomic E-state index is -3.37. The van der Waals surface area contributed by atoms with Crippen molar-refractivity contribution < 1.29 is 22.7 Å². The Kier molecular flexibility index (Phi) is 4.54. The van der Waals surface area contributed by atoms with Crippen molar-refractivity contribution in [3.63, 3.8) is 0 Å². The fourth-order valence-electron chi connectivity index (χ4n) is 4.00. The van der Waals surface area contributed by atoms with Crippen LogP contribution in [0.5, 0.6) is 5.75 Å². The lowest BCUT2D eigenvalue weighted by Crippen LogP contribution is -2.49. The van der Waals surface area contributed by atoms with E-state index in [4.69, 9.17) is 14.9 Å². The van der Waals surface area contributed by atoms with Crippen LogP contribution < -0.4 is 9.46 Å². The van der Waals surface area contributed by atoms with E-state index in [0.29, 0.717) is 23.4 Å². The summed E-state index contributed by atoms with van der Waals surface area (Å²) in [6.45, 7) is 3.95. The van der Waals surface area contributed by atoms with Gasteiger partial charge in [-0.1, -0.05) is 30.3 Å². The predicted molar refractivity (Wildman–Crippen MR) is 112 cm³/mol. The maximum atomic E-state index is 12.8. The smallest absolute Gasteiger partial charge is 0.417 e. The highest BCUT2D eigenvalue weighted by Gasteiger charge is 2.58. The van der Waals surface area contributed by atoms with Crippen molar-refractivity contribution in [3.8, 4) is 5.75 Å². The summed E-state index contributed by atoms with van der Waals surface area (Å²) in [6.07, 6.45) is 0.815. The summed E-state index contributed by atoms with van der Waals surface area (Å²) in [7, 11) is -3.37. The van der Waals surface area contributed by atoms with E-state index in [9.17, 15) is 13.2 Å². The minimum absolute atomic E-state index is 0.0645. The molecule has 2 aliphatic heterocycles. The van der Waals surface area contributed by atoms with E-state index < -0.39 is 27.3 Å². The minimum Gasteiger partial charge on any atom is -0.487 e. The first-order valence-electron chi connectivity index (χ1n) is 9.44. The standard InChI is InChI=1S/C21H23N3O5S/c1-20(2)13-21(16-6-4-5-7-17(16)28-20)18(22)24(19(25)29-21)12-14-8-10-15(11-9-14)23-30(3,26)27/h4-11,22-23H,12-13H2,1-3H3. The molecule has 1 atom stereocenters. The van der Waals surface area contributed by atoms with Gasteiger partial charge in [-0.15, -0.1) is 0 Å². The number of hydrogen-bond acceptors (Lipinski definition) is 6. The van der Waals surface area contributed by atoms with Crippen LogP contribution in [0.25, 0.3) is 0 Å². The second-order valence-electron chi connectivity index (χ2n) is 8.24. The summed E-state index contributed by atoms with van der Waals surface area (Å²) in [5, 5.41) is 8.83. The number of hydrogen-bond donors (Lipinski definition) is 2. The first-order chi connectivity index (χ1) is 14.0. The van der Waals surface area contributed by atoms with Gasteiger partial charge in [-0.05, 0) is 37.6 Å². The average Bonchev–Trinajstić information content (AvgIpc) is 2.85. The summed E-state index contributed by atoms with van der Waals surface area (Å²) in [5.41, 5.74) is 0.0190. The zero-order chi connectivity index (χ0) is 21.7. The maximum absolute atomic E-state index is 12.8. The van der Waals surface area contributed by atoms with E-state index in [1.54, 1.807) is 24.3 Å². The van der Waals surface area contributed by atoms with Crippen molar-refractivity contribution >= 4 is 27.6 Å². The predicted octanol–water partition coefficient (Wildman–Crippen LogP) is 3.44. The lowest BCUT2D eigenvalue weighted by Gasteiger charge is -2.42. The van der Waals surface area contributed by atoms with Crippen LogP contribution in [0.4, 0.5) is 10.5 Å². The number of amidine groups is 1. The summed E-state index contributed by atoms with van der Waals surface area (Å²) in [4.78, 5) is 14.1. The van der Waals surface area contributed by atoms with Gasteiger partial charge in [-0.25, -0.2) is 13.2 Å². The molecule has 2 aromatic carbocycles. The molecule has 8 nitrogen and oxygen atoms in total. The third-order valence-corrected chi connectivity index (χ3v) is 5.72. The number of anilines is 1. The SMILES string of the molecule is CC1(C)CC2(OC(=O)N(Cc3ccc(NS(C)(=O)=O)cc3)C2=N)c2ccccc2O1. The van der Waals surface area contributed by atoms with Crippen molar-refractivity contribution in [2.45, 2.75) is 38.0 Å². The molecule has 0 radical (unpaired) electrons. The topological polar surface area (TPSA) is 109 Å². The molecule has 1 fully saturated rings. The molecule has 1 amide bonds. The van der Waals surface area contributed by atoms with Gasteiger partial charge in [-0.3, -0.25) is 15.0 Å². The highest BCUT2D eigenvalue weighted by Crippen LogP contribution is 2.49. The maximum Gasteiger partial charge on any atom is 0.417 e. The number of rotatable bonds is 4. The quantitative estimate of drug-likeness (QED) is 0.774. The van der Waals surface area contributed by atoms with Crippen LogP contribution in [0.1, 0.15) is 31.4 Å². The second-order valence-corrected chi connectivity index (χ2v) is 9.98. The number of amides is 1. The zero-order valence-electron chi connectivity index (χ0n) is 16.9. The number of para-hydroxylation sites is 1. The number of benzene rings is 2. The molecule has 2 heterocycles. The zero-order valence-corrected chi connectivity index (χ0v) is 17.7. The summed E-state index contributed by atoms with van der Waals surface area (Å²) < 4.78 is 37.0. The van der Waals surface area contributed by atoms with Crippen LogP contribution in [-0.4, -0.2) is 37.1 Å². The molecule has 0 saturated carbocycles. The fraction of sp³-hybridized carbons (Fsp3) is 0.333. The van der Waals surface area contributed by atoms with Crippen LogP contribution in [0.2, 0.25) is 0 Å². The third kappa shape index (κ3) is 3.60. The van der Waals surface area contributed by atoms with Crippen molar-refractivity contribution in [2.75, 3.05) is 11.0 Å². The molecule has 2 aromatic rings. The number of carbonyl (C=O) groups is 1. The van der Waals surface area contributed by atoms with E-state index in [2.05, 4.69) is 4.72 Å². The van der Waals surface area contributed by atoms with E-state index in [0.717, 1.165) is 11.8 Å². The molecular formula is C21H23N3O5S. The van der Waals surface area contributed by atoms with Gasteiger partial charge in [0, 0.05) is 17.7 Å². The number of nitrogens with one attached hydrogen (secondary N) is 2. The highest BCUT2D eigenvalue weighted by atomic mass is 32.2. The molecule has 1 unspecified atom stereocenters. The molecular weight excluding hydrogens is 406 g/mol. The molecule has 2 N–H and O–H groups in total. The molecule has 9 heteroatoms. The van der Waals surface area contributed by atoms with Gasteiger partial charge in [0.1, 0.15) is 11.4 Å². The Morgan fingerprint density at radius 1 is 1.10 bits per heavy atom. The van der Waals surface area contributed by atoms with Crippen LogP contribution in [-0.2, 0) is 26.9 Å². The van der Waals surface area contributed by atoms with Crippen molar-refractivity contribution in [1.29, 1.82) is 5.41 Å². The number of ether oxygens (including phenoxy) is 2. The van der Waals surface area contributed by atoms with Crippen molar-refractivity contribution in [3.05, 3.63) is 59.7 Å². The summed E-state index contributed by atoms with van der Waals surface area (Å²) >= 11 is 0. The first-order valence-corrected chi connectivity index (χ1v) is 11.3. The molecule has 158 valence electrons. The van der Waals surface area contributed by atoms with E-state index >= 15 is 0 Å². The van der Waals surface area contributed by atoms with Gasteiger partial charge >= 0.3 is 6.09 Å². The van der Waals surface area contributed by atoms with Gasteiger partial charge in [-0.2, -0.15) is 0 Å². The van der Waals surface area contributed by atoms with Gasteiger partial charge in [0.25, 0.3) is 0 Å². The lowest BCUT2D eigenvalue weighted by molar-refractivity contribution is -0.0208. The number of sulfonamides is 1. The Hall–Kier alpha value is -3.07. The van der Waals surface area contributed by atoms with Crippen molar-refractivity contribution in [2.24, 2.45) is 0 Å². The molecule has 1 spiro atoms. The molecule has 4 rings (SSSR count). The summed E-state index contributed by atoms with van der Waals surface area (Å²) in [6, 6.07) is 14.0. The van der Waals surface area contributed by atoms with Crippen LogP contribution >= 0.6 is 0 Å². The monoisotopic (exact) mass is 429 g/mol.